The zero-order chi connectivity index (χ0) is 16.4. The maximum absolute atomic E-state index is 6.23. The van der Waals surface area contributed by atoms with Crippen LogP contribution in [0.15, 0.2) is 41.3 Å². The molecule has 1 saturated carbocycles. The molecule has 2 aromatic carbocycles. The third-order valence-electron chi connectivity index (χ3n) is 5.85. The maximum atomic E-state index is 6.23. The summed E-state index contributed by atoms with van der Waals surface area (Å²) in [5, 5.41) is 3.57. The Kier molecular flexibility index (Phi) is 5.03. The van der Waals surface area contributed by atoms with E-state index in [1.54, 1.807) is 4.90 Å². The molecule has 0 radical (unpaired) electrons. The van der Waals surface area contributed by atoms with Gasteiger partial charge in [-0.15, -0.1) is 0 Å². The summed E-state index contributed by atoms with van der Waals surface area (Å²) in [6.07, 6.45) is 9.64. The molecule has 0 aromatic heterocycles. The van der Waals surface area contributed by atoms with E-state index in [1.807, 2.05) is 0 Å². The highest BCUT2D eigenvalue weighted by Crippen LogP contribution is 2.37. The highest BCUT2D eigenvalue weighted by Gasteiger charge is 2.36. The first kappa shape index (κ1) is 16.3. The van der Waals surface area contributed by atoms with Crippen LogP contribution < -0.4 is 4.74 Å². The lowest BCUT2D eigenvalue weighted by atomic mass is 10.1. The van der Waals surface area contributed by atoms with Crippen LogP contribution in [0.2, 0.25) is 0 Å². The third kappa shape index (κ3) is 3.31. The lowest BCUT2D eigenvalue weighted by Crippen LogP contribution is -2.13. The monoisotopic (exact) mass is 341 g/mol. The average molecular weight is 342 g/mol. The van der Waals surface area contributed by atoms with Crippen molar-refractivity contribution in [2.24, 2.45) is 5.92 Å². The molecule has 0 bridgehead atoms. The standard InChI is InChI=1S/C22H29OS/c1-17-7-6-16-24(17)22-13-12-21(19-10-4-5-11-20(19)22)23-15-14-18-8-2-3-9-18/h4-5,10-13,17-18H,2-3,6-9,14-16H2,1H3/q+1. The minimum atomic E-state index is 0.419. The third-order valence-corrected chi connectivity index (χ3v) is 8.70. The summed E-state index contributed by atoms with van der Waals surface area (Å²) in [7, 11) is 0.419. The van der Waals surface area contributed by atoms with Crippen molar-refractivity contribution >= 4 is 21.7 Å². The smallest absolute Gasteiger partial charge is 0.163 e. The largest absolute Gasteiger partial charge is 0.493 e. The topological polar surface area (TPSA) is 9.23 Å². The zero-order valence-corrected chi connectivity index (χ0v) is 15.6. The summed E-state index contributed by atoms with van der Waals surface area (Å²) in [5.74, 6) is 3.35. The Morgan fingerprint density at radius 2 is 1.75 bits per heavy atom. The van der Waals surface area contributed by atoms with Gasteiger partial charge in [-0.3, -0.25) is 0 Å². The predicted molar refractivity (Wildman–Crippen MR) is 105 cm³/mol. The second kappa shape index (κ2) is 7.39. The number of hydrogen-bond acceptors (Lipinski definition) is 1. The molecule has 2 unspecified atom stereocenters. The summed E-state index contributed by atoms with van der Waals surface area (Å²) in [6, 6.07) is 13.5. The average Bonchev–Trinajstić information content (AvgIpc) is 3.27. The van der Waals surface area contributed by atoms with Gasteiger partial charge in [-0.05, 0) is 50.3 Å². The van der Waals surface area contributed by atoms with Crippen molar-refractivity contribution in [3.05, 3.63) is 36.4 Å². The van der Waals surface area contributed by atoms with Gasteiger partial charge in [0.15, 0.2) is 4.90 Å². The number of benzene rings is 2. The predicted octanol–water partition coefficient (Wildman–Crippen LogP) is 5.96. The Hall–Kier alpha value is -1.15. The summed E-state index contributed by atoms with van der Waals surface area (Å²) >= 11 is 0. The Morgan fingerprint density at radius 1 is 0.958 bits per heavy atom. The van der Waals surface area contributed by atoms with Crippen molar-refractivity contribution < 1.29 is 4.74 Å². The van der Waals surface area contributed by atoms with E-state index in [9.17, 15) is 0 Å². The zero-order valence-electron chi connectivity index (χ0n) is 14.8. The normalized spacial score (nSPS) is 24.7. The van der Waals surface area contributed by atoms with E-state index in [-0.39, 0.29) is 0 Å². The van der Waals surface area contributed by atoms with E-state index in [2.05, 4.69) is 43.3 Å². The quantitative estimate of drug-likeness (QED) is 0.610. The first-order chi connectivity index (χ1) is 11.8. The van der Waals surface area contributed by atoms with E-state index in [1.165, 1.54) is 61.5 Å². The van der Waals surface area contributed by atoms with Crippen LogP contribution in [0.3, 0.4) is 0 Å². The number of fused-ring (bicyclic) bond motifs is 1. The molecule has 1 heterocycles. The van der Waals surface area contributed by atoms with Gasteiger partial charge in [0, 0.05) is 21.7 Å². The molecular weight excluding hydrogens is 312 g/mol. The number of ether oxygens (including phenoxy) is 1. The Morgan fingerprint density at radius 3 is 2.50 bits per heavy atom. The summed E-state index contributed by atoms with van der Waals surface area (Å²) in [5.41, 5.74) is 0. The molecule has 4 rings (SSSR count). The summed E-state index contributed by atoms with van der Waals surface area (Å²) < 4.78 is 6.23. The molecule has 2 atom stereocenters. The van der Waals surface area contributed by atoms with Gasteiger partial charge in [-0.1, -0.05) is 43.9 Å². The fourth-order valence-corrected chi connectivity index (χ4v) is 7.12. The van der Waals surface area contributed by atoms with Crippen LogP contribution in [-0.2, 0) is 10.9 Å². The molecule has 2 aliphatic rings. The molecule has 0 amide bonds. The van der Waals surface area contributed by atoms with Gasteiger partial charge in [0.25, 0.3) is 0 Å². The van der Waals surface area contributed by atoms with Gasteiger partial charge in [0.1, 0.15) is 16.8 Å². The van der Waals surface area contributed by atoms with Crippen LogP contribution >= 0.6 is 0 Å². The first-order valence-corrected chi connectivity index (χ1v) is 11.1. The van der Waals surface area contributed by atoms with Crippen molar-refractivity contribution in [2.45, 2.75) is 62.0 Å². The maximum Gasteiger partial charge on any atom is 0.163 e. The molecule has 1 saturated heterocycles. The van der Waals surface area contributed by atoms with E-state index in [0.29, 0.717) is 10.9 Å². The van der Waals surface area contributed by atoms with E-state index in [4.69, 9.17) is 4.74 Å². The lowest BCUT2D eigenvalue weighted by molar-refractivity contribution is 0.282. The highest BCUT2D eigenvalue weighted by atomic mass is 32.2. The van der Waals surface area contributed by atoms with Crippen LogP contribution in [0.25, 0.3) is 10.8 Å². The highest BCUT2D eigenvalue weighted by molar-refractivity contribution is 7.97. The second-order valence-corrected chi connectivity index (χ2v) is 9.99. The van der Waals surface area contributed by atoms with Crippen LogP contribution in [-0.4, -0.2) is 17.6 Å². The SMILES string of the molecule is CC1CCC[S+]1c1ccc(OCCC2CCCC2)c2ccccc12. The Bertz CT molecular complexity index is 689. The van der Waals surface area contributed by atoms with Gasteiger partial charge in [-0.2, -0.15) is 0 Å². The molecule has 1 aliphatic carbocycles. The van der Waals surface area contributed by atoms with E-state index < -0.39 is 0 Å². The summed E-state index contributed by atoms with van der Waals surface area (Å²) in [4.78, 5) is 1.57. The van der Waals surface area contributed by atoms with E-state index >= 15 is 0 Å². The van der Waals surface area contributed by atoms with Crippen LogP contribution in [0.1, 0.15) is 51.9 Å². The molecule has 0 N–H and O–H groups in total. The molecule has 1 nitrogen and oxygen atoms in total. The first-order valence-electron chi connectivity index (χ1n) is 9.67. The molecule has 128 valence electrons. The van der Waals surface area contributed by atoms with Crippen molar-refractivity contribution in [3.63, 3.8) is 0 Å². The Labute approximate surface area is 149 Å². The molecule has 0 spiro atoms. The molecular formula is C22H29OS+. The van der Waals surface area contributed by atoms with Gasteiger partial charge in [-0.25, -0.2) is 0 Å². The lowest BCUT2D eigenvalue weighted by Gasteiger charge is -2.14. The van der Waals surface area contributed by atoms with Gasteiger partial charge < -0.3 is 4.74 Å². The van der Waals surface area contributed by atoms with Crippen LogP contribution in [0.4, 0.5) is 0 Å². The molecule has 2 fully saturated rings. The fourth-order valence-electron chi connectivity index (χ4n) is 4.43. The second-order valence-electron chi connectivity index (χ2n) is 7.48. The van der Waals surface area contributed by atoms with Crippen molar-refractivity contribution in [2.75, 3.05) is 12.4 Å². The van der Waals surface area contributed by atoms with Gasteiger partial charge in [0.2, 0.25) is 0 Å². The van der Waals surface area contributed by atoms with Crippen molar-refractivity contribution in [1.29, 1.82) is 0 Å². The molecule has 2 heteroatoms. The molecule has 1 aliphatic heterocycles. The van der Waals surface area contributed by atoms with E-state index in [0.717, 1.165) is 23.5 Å². The summed E-state index contributed by atoms with van der Waals surface area (Å²) in [6.45, 7) is 3.30. The van der Waals surface area contributed by atoms with Crippen LogP contribution in [0, 0.1) is 5.92 Å². The Balaban J connectivity index is 1.56. The van der Waals surface area contributed by atoms with Gasteiger partial charge in [0.05, 0.1) is 6.61 Å². The number of hydrogen-bond donors (Lipinski definition) is 0. The minimum absolute atomic E-state index is 0.419. The van der Waals surface area contributed by atoms with Crippen molar-refractivity contribution in [1.82, 2.24) is 0 Å². The van der Waals surface area contributed by atoms with Crippen LogP contribution in [0.5, 0.6) is 5.75 Å². The minimum Gasteiger partial charge on any atom is -0.493 e. The van der Waals surface area contributed by atoms with Gasteiger partial charge >= 0.3 is 0 Å². The molecule has 24 heavy (non-hydrogen) atoms. The number of rotatable bonds is 5. The molecule has 2 aromatic rings. The van der Waals surface area contributed by atoms with Crippen molar-refractivity contribution in [3.8, 4) is 5.75 Å². The fraction of sp³-hybridized carbons (Fsp3) is 0.545.